The van der Waals surface area contributed by atoms with Gasteiger partial charge in [-0.3, -0.25) is 0 Å². The third-order valence-electron chi connectivity index (χ3n) is 3.66. The fraction of sp³-hybridized carbons (Fsp3) is 0.125. The van der Waals surface area contributed by atoms with E-state index in [1.165, 1.54) is 16.5 Å². The predicted octanol–water partition coefficient (Wildman–Crippen LogP) is 5.96. The first kappa shape index (κ1) is 11.6. The molecule has 0 N–H and O–H groups in total. The SMILES string of the molecule is Clc1cc(Br)c2c(c1)oc1ccc3c(c12)CCC=C3. The molecule has 0 unspecified atom stereocenters. The lowest BCUT2D eigenvalue weighted by Gasteiger charge is -2.11. The van der Waals surface area contributed by atoms with E-state index in [9.17, 15) is 0 Å². The highest BCUT2D eigenvalue weighted by molar-refractivity contribution is 9.10. The van der Waals surface area contributed by atoms with Gasteiger partial charge in [-0.1, -0.05) is 29.8 Å². The average molecular weight is 334 g/mol. The summed E-state index contributed by atoms with van der Waals surface area (Å²) in [6, 6.07) is 7.99. The van der Waals surface area contributed by atoms with Crippen molar-refractivity contribution in [3.8, 4) is 0 Å². The van der Waals surface area contributed by atoms with E-state index in [0.29, 0.717) is 5.02 Å². The maximum absolute atomic E-state index is 6.09. The molecule has 0 saturated carbocycles. The summed E-state index contributed by atoms with van der Waals surface area (Å²) in [7, 11) is 0. The van der Waals surface area contributed by atoms with E-state index in [4.69, 9.17) is 16.0 Å². The van der Waals surface area contributed by atoms with Crippen molar-refractivity contribution in [3.05, 3.63) is 51.0 Å². The molecule has 1 heterocycles. The van der Waals surface area contributed by atoms with E-state index < -0.39 is 0 Å². The van der Waals surface area contributed by atoms with Crippen LogP contribution in [-0.4, -0.2) is 0 Å². The zero-order chi connectivity index (χ0) is 13.0. The largest absolute Gasteiger partial charge is 0.456 e. The van der Waals surface area contributed by atoms with Crippen LogP contribution in [0.15, 0.2) is 39.2 Å². The summed E-state index contributed by atoms with van der Waals surface area (Å²) in [5.74, 6) is 0. The molecule has 1 aliphatic carbocycles. The minimum Gasteiger partial charge on any atom is -0.456 e. The highest BCUT2D eigenvalue weighted by atomic mass is 79.9. The van der Waals surface area contributed by atoms with E-state index in [1.54, 1.807) is 0 Å². The Morgan fingerprint density at radius 2 is 2.00 bits per heavy atom. The van der Waals surface area contributed by atoms with Crippen LogP contribution in [0.3, 0.4) is 0 Å². The van der Waals surface area contributed by atoms with Crippen LogP contribution in [0.2, 0.25) is 5.02 Å². The quantitative estimate of drug-likeness (QED) is 0.494. The molecule has 94 valence electrons. The van der Waals surface area contributed by atoms with Gasteiger partial charge in [-0.05, 0) is 52.0 Å². The van der Waals surface area contributed by atoms with E-state index in [1.807, 2.05) is 18.2 Å². The van der Waals surface area contributed by atoms with Gasteiger partial charge in [0.1, 0.15) is 11.2 Å². The molecule has 0 fully saturated rings. The molecule has 19 heavy (non-hydrogen) atoms. The lowest BCUT2D eigenvalue weighted by Crippen LogP contribution is -1.94. The van der Waals surface area contributed by atoms with Crippen LogP contribution in [0, 0.1) is 0 Å². The van der Waals surface area contributed by atoms with Gasteiger partial charge in [0.05, 0.1) is 0 Å². The molecular weight excluding hydrogens is 324 g/mol. The number of aryl methyl sites for hydroxylation is 1. The standard InChI is InChI=1S/C16H10BrClO/c17-12-7-10(18)8-14-16(12)15-11-4-2-1-3-9(11)5-6-13(15)19-14/h1,3,5-8H,2,4H2. The van der Waals surface area contributed by atoms with Gasteiger partial charge in [-0.25, -0.2) is 0 Å². The summed E-state index contributed by atoms with van der Waals surface area (Å²) >= 11 is 9.71. The van der Waals surface area contributed by atoms with Crippen molar-refractivity contribution in [1.82, 2.24) is 0 Å². The molecule has 0 saturated heterocycles. The van der Waals surface area contributed by atoms with E-state index in [2.05, 4.69) is 34.1 Å². The zero-order valence-electron chi connectivity index (χ0n) is 10.0. The molecule has 0 radical (unpaired) electrons. The lowest BCUT2D eigenvalue weighted by atomic mass is 9.93. The smallest absolute Gasteiger partial charge is 0.138 e. The third-order valence-corrected chi connectivity index (χ3v) is 4.50. The van der Waals surface area contributed by atoms with Gasteiger partial charge < -0.3 is 4.42 Å². The average Bonchev–Trinajstić information content (AvgIpc) is 2.77. The fourth-order valence-corrected chi connectivity index (χ4v) is 3.84. The van der Waals surface area contributed by atoms with Gasteiger partial charge in [0, 0.05) is 26.3 Å². The molecule has 0 bridgehead atoms. The summed E-state index contributed by atoms with van der Waals surface area (Å²) in [6.45, 7) is 0. The summed E-state index contributed by atoms with van der Waals surface area (Å²) < 4.78 is 6.94. The minimum absolute atomic E-state index is 0.687. The summed E-state index contributed by atoms with van der Waals surface area (Å²) in [5, 5.41) is 3.04. The highest BCUT2D eigenvalue weighted by Gasteiger charge is 2.17. The second-order valence-corrected chi connectivity index (χ2v) is 6.10. The molecule has 0 aliphatic heterocycles. The first-order valence-electron chi connectivity index (χ1n) is 6.24. The van der Waals surface area contributed by atoms with Crippen molar-refractivity contribution in [2.45, 2.75) is 12.8 Å². The van der Waals surface area contributed by atoms with E-state index in [0.717, 1.165) is 33.9 Å². The zero-order valence-corrected chi connectivity index (χ0v) is 12.4. The maximum Gasteiger partial charge on any atom is 0.138 e. The molecule has 1 nitrogen and oxygen atoms in total. The predicted molar refractivity (Wildman–Crippen MR) is 83.8 cm³/mol. The van der Waals surface area contributed by atoms with Crippen molar-refractivity contribution < 1.29 is 4.42 Å². The van der Waals surface area contributed by atoms with Gasteiger partial charge in [0.15, 0.2) is 0 Å². The van der Waals surface area contributed by atoms with Crippen LogP contribution in [0.4, 0.5) is 0 Å². The molecule has 4 rings (SSSR count). The molecule has 1 aliphatic rings. The summed E-state index contributed by atoms with van der Waals surface area (Å²) in [4.78, 5) is 0. The van der Waals surface area contributed by atoms with E-state index in [-0.39, 0.29) is 0 Å². The minimum atomic E-state index is 0.687. The van der Waals surface area contributed by atoms with Crippen LogP contribution in [-0.2, 0) is 6.42 Å². The van der Waals surface area contributed by atoms with Crippen molar-refractivity contribution in [2.75, 3.05) is 0 Å². The van der Waals surface area contributed by atoms with Crippen LogP contribution >= 0.6 is 27.5 Å². The van der Waals surface area contributed by atoms with E-state index >= 15 is 0 Å². The Labute approximate surface area is 124 Å². The van der Waals surface area contributed by atoms with Gasteiger partial charge in [-0.2, -0.15) is 0 Å². The number of furan rings is 1. The van der Waals surface area contributed by atoms with Gasteiger partial charge in [0.25, 0.3) is 0 Å². The number of benzene rings is 2. The lowest BCUT2D eigenvalue weighted by molar-refractivity contribution is 0.668. The first-order valence-corrected chi connectivity index (χ1v) is 7.41. The van der Waals surface area contributed by atoms with Gasteiger partial charge in [0.2, 0.25) is 0 Å². The third kappa shape index (κ3) is 1.67. The normalized spacial score (nSPS) is 14.2. The van der Waals surface area contributed by atoms with Crippen molar-refractivity contribution in [2.24, 2.45) is 0 Å². The Bertz CT molecular complexity index is 845. The Hall–Kier alpha value is -1.25. The number of halogens is 2. The maximum atomic E-state index is 6.09. The van der Waals surface area contributed by atoms with Gasteiger partial charge >= 0.3 is 0 Å². The summed E-state index contributed by atoms with van der Waals surface area (Å²) in [6.07, 6.45) is 6.57. The Balaban J connectivity index is 2.24. The van der Waals surface area contributed by atoms with Crippen LogP contribution in [0.5, 0.6) is 0 Å². The molecule has 0 atom stereocenters. The topological polar surface area (TPSA) is 13.1 Å². The highest BCUT2D eigenvalue weighted by Crippen LogP contribution is 2.40. The van der Waals surface area contributed by atoms with Crippen LogP contribution in [0.1, 0.15) is 17.5 Å². The fourth-order valence-electron chi connectivity index (χ4n) is 2.86. The molecule has 3 aromatic rings. The number of fused-ring (bicyclic) bond motifs is 5. The Morgan fingerprint density at radius 1 is 1.11 bits per heavy atom. The molecule has 2 aromatic carbocycles. The Kier molecular flexibility index (Phi) is 2.51. The van der Waals surface area contributed by atoms with Crippen molar-refractivity contribution in [3.63, 3.8) is 0 Å². The van der Waals surface area contributed by atoms with Crippen molar-refractivity contribution in [1.29, 1.82) is 0 Å². The second kappa shape index (κ2) is 4.12. The number of rotatable bonds is 0. The number of hydrogen-bond acceptors (Lipinski definition) is 1. The molecule has 3 heteroatoms. The molecular formula is C16H10BrClO. The van der Waals surface area contributed by atoms with Crippen molar-refractivity contribution >= 4 is 55.5 Å². The molecule has 0 spiro atoms. The number of hydrogen-bond donors (Lipinski definition) is 0. The van der Waals surface area contributed by atoms with Gasteiger partial charge in [-0.15, -0.1) is 0 Å². The monoisotopic (exact) mass is 332 g/mol. The van der Waals surface area contributed by atoms with Crippen LogP contribution < -0.4 is 0 Å². The molecule has 1 aromatic heterocycles. The first-order chi connectivity index (χ1) is 9.24. The number of allylic oxidation sites excluding steroid dienone is 1. The summed E-state index contributed by atoms with van der Waals surface area (Å²) in [5.41, 5.74) is 4.45. The molecule has 0 amide bonds. The van der Waals surface area contributed by atoms with Crippen LogP contribution in [0.25, 0.3) is 28.0 Å². The Morgan fingerprint density at radius 3 is 2.89 bits per heavy atom. The second-order valence-electron chi connectivity index (χ2n) is 4.81.